The van der Waals surface area contributed by atoms with E-state index in [9.17, 15) is 19.2 Å². The van der Waals surface area contributed by atoms with E-state index in [0.717, 1.165) is 0 Å². The van der Waals surface area contributed by atoms with Gasteiger partial charge in [0.2, 0.25) is 5.60 Å². The molecule has 0 aromatic heterocycles. The molecule has 0 bridgehead atoms. The Morgan fingerprint density at radius 1 is 1.05 bits per heavy atom. The summed E-state index contributed by atoms with van der Waals surface area (Å²) in [5, 5.41) is 25.7. The minimum atomic E-state index is -2.72. The minimum absolute atomic E-state index is 0. The third kappa shape index (κ3) is 6.27. The third-order valence-corrected chi connectivity index (χ3v) is 1.83. The normalized spacial score (nSPS) is 12.7. The van der Waals surface area contributed by atoms with E-state index in [1.807, 2.05) is 0 Å². The Bertz CT molecular complexity index is 371. The maximum absolute atomic E-state index is 11.1. The Balaban J connectivity index is 0. The van der Waals surface area contributed by atoms with Gasteiger partial charge in [-0.05, 0) is 0 Å². The van der Waals surface area contributed by atoms with E-state index in [2.05, 4.69) is 9.62 Å². The Morgan fingerprint density at radius 2 is 1.58 bits per heavy atom. The van der Waals surface area contributed by atoms with E-state index in [-0.39, 0.29) is 17.1 Å². The van der Waals surface area contributed by atoms with Crippen LogP contribution in [0.5, 0.6) is 0 Å². The van der Waals surface area contributed by atoms with Gasteiger partial charge < -0.3 is 20.7 Å². The van der Waals surface area contributed by atoms with Gasteiger partial charge in [0, 0.05) is 17.1 Å². The first-order valence-electron chi connectivity index (χ1n) is 4.48. The van der Waals surface area contributed by atoms with E-state index >= 15 is 0 Å². The van der Waals surface area contributed by atoms with Gasteiger partial charge >= 0.3 is 23.9 Å². The van der Waals surface area contributed by atoms with Crippen molar-refractivity contribution in [1.29, 1.82) is 0 Å². The molecule has 11 heteroatoms. The van der Waals surface area contributed by atoms with Crippen molar-refractivity contribution < 1.29 is 61.3 Å². The van der Waals surface area contributed by atoms with E-state index in [0.29, 0.717) is 0 Å². The predicted molar refractivity (Wildman–Crippen MR) is 51.1 cm³/mol. The van der Waals surface area contributed by atoms with Crippen molar-refractivity contribution in [2.45, 2.75) is 18.4 Å². The van der Waals surface area contributed by atoms with Crippen LogP contribution in [0.1, 0.15) is 12.8 Å². The maximum atomic E-state index is 11.1. The molecule has 0 aromatic carbocycles. The van der Waals surface area contributed by atoms with Crippen LogP contribution in [0.2, 0.25) is 0 Å². The molecule has 0 amide bonds. The second-order valence-electron chi connectivity index (χ2n) is 3.19. The Morgan fingerprint density at radius 3 is 1.89 bits per heavy atom. The number of carbonyl (C=O) groups excluding carboxylic acids is 2. The molecule has 0 aliphatic heterocycles. The van der Waals surface area contributed by atoms with Gasteiger partial charge in [-0.25, -0.2) is 9.68 Å². The molecule has 0 aliphatic rings. The number of carbonyl (C=O) groups is 4. The molecular weight excluding hydrogens is 318 g/mol. The SMILES string of the molecule is NCC(=O)OC(=O)CC(CC(=O)O)(OO)C(=O)O.[Cu]. The summed E-state index contributed by atoms with van der Waals surface area (Å²) in [6, 6.07) is 0. The van der Waals surface area contributed by atoms with Crippen LogP contribution < -0.4 is 5.73 Å². The number of ether oxygens (including phenoxy) is 1. The largest absolute Gasteiger partial charge is 0.481 e. The van der Waals surface area contributed by atoms with Crippen molar-refractivity contribution in [3.8, 4) is 0 Å². The van der Waals surface area contributed by atoms with Crippen molar-refractivity contribution in [2.24, 2.45) is 5.73 Å². The summed E-state index contributed by atoms with van der Waals surface area (Å²) in [7, 11) is 0. The smallest absolute Gasteiger partial charge is 0.340 e. The molecule has 19 heavy (non-hydrogen) atoms. The quantitative estimate of drug-likeness (QED) is 0.137. The Hall–Kier alpha value is -1.52. The van der Waals surface area contributed by atoms with E-state index < -0.39 is 48.9 Å². The second-order valence-corrected chi connectivity index (χ2v) is 3.19. The topological polar surface area (TPSA) is 173 Å². The summed E-state index contributed by atoms with van der Waals surface area (Å²) in [6.07, 6.45) is -2.37. The number of aliphatic carboxylic acids is 2. The number of carboxylic acids is 2. The van der Waals surface area contributed by atoms with Gasteiger partial charge in [-0.2, -0.15) is 0 Å². The third-order valence-electron chi connectivity index (χ3n) is 1.83. The summed E-state index contributed by atoms with van der Waals surface area (Å²) in [4.78, 5) is 46.6. The first kappa shape index (κ1) is 19.8. The zero-order valence-electron chi connectivity index (χ0n) is 9.29. The van der Waals surface area contributed by atoms with Gasteiger partial charge in [-0.15, -0.1) is 0 Å². The van der Waals surface area contributed by atoms with Crippen LogP contribution in [0.4, 0.5) is 0 Å². The summed E-state index contributed by atoms with van der Waals surface area (Å²) < 4.78 is 4.04. The fraction of sp³-hybridized carbons (Fsp3) is 0.500. The Labute approximate surface area is 116 Å². The second kappa shape index (κ2) is 8.56. The fourth-order valence-corrected chi connectivity index (χ4v) is 0.999. The van der Waals surface area contributed by atoms with Gasteiger partial charge in [0.25, 0.3) is 0 Å². The molecule has 0 rings (SSSR count). The maximum Gasteiger partial charge on any atom is 0.340 e. The number of carboxylic acid groups (broad SMARTS) is 2. The van der Waals surface area contributed by atoms with Crippen LogP contribution in [0, 0.1) is 0 Å². The number of nitrogens with two attached hydrogens (primary N) is 1. The zero-order chi connectivity index (χ0) is 14.3. The molecule has 0 spiro atoms. The first-order chi connectivity index (χ1) is 8.27. The molecule has 1 atom stereocenters. The van der Waals surface area contributed by atoms with Crippen LogP contribution in [0.3, 0.4) is 0 Å². The van der Waals surface area contributed by atoms with Crippen LogP contribution in [0.25, 0.3) is 0 Å². The summed E-state index contributed by atoms with van der Waals surface area (Å²) in [6.45, 7) is -0.620. The molecule has 5 N–H and O–H groups in total. The average Bonchev–Trinajstić information content (AvgIpc) is 2.26. The van der Waals surface area contributed by atoms with Gasteiger partial charge in [0.15, 0.2) is 0 Å². The number of hydrogen-bond acceptors (Lipinski definition) is 8. The fourth-order valence-electron chi connectivity index (χ4n) is 0.999. The monoisotopic (exact) mass is 328 g/mol. The van der Waals surface area contributed by atoms with Crippen LogP contribution in [-0.2, 0) is 45.9 Å². The molecule has 0 fully saturated rings. The molecule has 0 saturated heterocycles. The molecular formula is C8H11CuNO9. The molecule has 10 nitrogen and oxygen atoms in total. The number of rotatable bonds is 7. The van der Waals surface area contributed by atoms with Crippen molar-refractivity contribution in [3.05, 3.63) is 0 Å². The number of hydrogen-bond donors (Lipinski definition) is 4. The molecule has 0 heterocycles. The predicted octanol–water partition coefficient (Wildman–Crippen LogP) is -1.81. The van der Waals surface area contributed by atoms with Gasteiger partial charge in [-0.1, -0.05) is 0 Å². The molecule has 1 unspecified atom stereocenters. The van der Waals surface area contributed by atoms with Crippen LogP contribution >= 0.6 is 0 Å². The van der Waals surface area contributed by atoms with Gasteiger partial charge in [0.1, 0.15) is 0 Å². The zero-order valence-corrected chi connectivity index (χ0v) is 10.2. The summed E-state index contributed by atoms with van der Waals surface area (Å²) in [5.74, 6) is -6.05. The first-order valence-corrected chi connectivity index (χ1v) is 4.48. The van der Waals surface area contributed by atoms with Crippen molar-refractivity contribution in [2.75, 3.05) is 6.54 Å². The van der Waals surface area contributed by atoms with Gasteiger partial charge in [0.05, 0.1) is 19.4 Å². The summed E-state index contributed by atoms with van der Waals surface area (Å²) in [5.41, 5.74) is 2.11. The van der Waals surface area contributed by atoms with Crippen LogP contribution in [0.15, 0.2) is 0 Å². The van der Waals surface area contributed by atoms with Crippen molar-refractivity contribution in [1.82, 2.24) is 0 Å². The molecule has 1 radical (unpaired) electrons. The summed E-state index contributed by atoms with van der Waals surface area (Å²) >= 11 is 0. The van der Waals surface area contributed by atoms with E-state index in [1.54, 1.807) is 0 Å². The van der Waals surface area contributed by atoms with Crippen LogP contribution in [-0.4, -0.2) is 51.5 Å². The molecule has 113 valence electrons. The molecule has 0 aliphatic carbocycles. The molecule has 0 saturated carbocycles. The van der Waals surface area contributed by atoms with Gasteiger partial charge in [-0.3, -0.25) is 19.6 Å². The number of esters is 2. The van der Waals surface area contributed by atoms with E-state index in [4.69, 9.17) is 21.2 Å². The Kier molecular flexibility index (Phi) is 8.92. The minimum Gasteiger partial charge on any atom is -0.481 e. The average molecular weight is 329 g/mol. The standard InChI is InChI=1S/C8H11NO9.Cu/c9-3-6(13)17-5(12)2-8(18-16,7(14)15)1-4(10)11;/h16H,1-3,9H2,(H,10,11)(H,14,15);. The van der Waals surface area contributed by atoms with Crippen molar-refractivity contribution in [3.63, 3.8) is 0 Å². The van der Waals surface area contributed by atoms with E-state index in [1.165, 1.54) is 0 Å². The van der Waals surface area contributed by atoms with Crippen molar-refractivity contribution >= 4 is 23.9 Å². The molecule has 0 aromatic rings.